The van der Waals surface area contributed by atoms with E-state index in [1.54, 1.807) is 6.33 Å². The predicted molar refractivity (Wildman–Crippen MR) is 77.1 cm³/mol. The Morgan fingerprint density at radius 3 is 2.74 bits per heavy atom. The highest BCUT2D eigenvalue weighted by molar-refractivity contribution is 7.98. The average Bonchev–Trinajstić information content (AvgIpc) is 2.83. The van der Waals surface area contributed by atoms with Gasteiger partial charge in [0.2, 0.25) is 0 Å². The summed E-state index contributed by atoms with van der Waals surface area (Å²) in [6.45, 7) is 0.724. The molecule has 0 fully saturated rings. The third-order valence-electron chi connectivity index (χ3n) is 2.85. The molecule has 0 unspecified atom stereocenters. The van der Waals surface area contributed by atoms with Crippen molar-refractivity contribution in [1.82, 2.24) is 19.5 Å². The van der Waals surface area contributed by atoms with Gasteiger partial charge in [0.1, 0.15) is 5.52 Å². The zero-order chi connectivity index (χ0) is 13.2. The third kappa shape index (κ3) is 2.26. The summed E-state index contributed by atoms with van der Waals surface area (Å²) in [6.07, 6.45) is 3.69. The van der Waals surface area contributed by atoms with Crippen LogP contribution in [0.4, 0.5) is 5.82 Å². The van der Waals surface area contributed by atoms with E-state index in [9.17, 15) is 0 Å². The molecule has 96 valence electrons. The molecule has 0 aliphatic rings. The number of hydrogen-bond acceptors (Lipinski definition) is 5. The second-order valence-electron chi connectivity index (χ2n) is 4.13. The Bertz CT molecular complexity index is 708. The maximum absolute atomic E-state index is 5.90. The molecule has 0 saturated heterocycles. The van der Waals surface area contributed by atoms with Gasteiger partial charge in [-0.1, -0.05) is 42.1 Å². The molecule has 3 aromatic rings. The van der Waals surface area contributed by atoms with E-state index in [1.165, 1.54) is 17.3 Å². The molecule has 0 aliphatic heterocycles. The molecule has 2 aromatic heterocycles. The largest absolute Gasteiger partial charge is 0.382 e. The lowest BCUT2D eigenvalue weighted by Gasteiger charge is -2.05. The van der Waals surface area contributed by atoms with Crippen LogP contribution >= 0.6 is 11.8 Å². The molecule has 0 spiro atoms. The van der Waals surface area contributed by atoms with Crippen molar-refractivity contribution in [1.29, 1.82) is 0 Å². The summed E-state index contributed by atoms with van der Waals surface area (Å²) in [5, 5.41) is 0.666. The first-order chi connectivity index (χ1) is 9.28. The number of fused-ring (bicyclic) bond motifs is 1. The zero-order valence-corrected chi connectivity index (χ0v) is 11.3. The van der Waals surface area contributed by atoms with Crippen LogP contribution in [0.15, 0.2) is 41.8 Å². The lowest BCUT2D eigenvalue weighted by atomic mass is 10.2. The maximum Gasteiger partial charge on any atom is 0.191 e. The molecular weight excluding hydrogens is 258 g/mol. The highest BCUT2D eigenvalue weighted by atomic mass is 32.2. The van der Waals surface area contributed by atoms with Gasteiger partial charge in [0.25, 0.3) is 0 Å². The molecule has 0 amide bonds. The first-order valence-corrected chi connectivity index (χ1v) is 7.06. The number of thioether (sulfide) groups is 1. The highest BCUT2D eigenvalue weighted by Crippen LogP contribution is 2.20. The molecule has 0 saturated carbocycles. The lowest BCUT2D eigenvalue weighted by Crippen LogP contribution is -2.02. The number of nitrogens with two attached hydrogens (primary N) is 1. The first-order valence-electron chi connectivity index (χ1n) is 5.84. The van der Waals surface area contributed by atoms with Crippen LogP contribution in [0.25, 0.3) is 11.2 Å². The van der Waals surface area contributed by atoms with Gasteiger partial charge in [-0.05, 0) is 11.8 Å². The summed E-state index contributed by atoms with van der Waals surface area (Å²) in [5.41, 5.74) is 8.54. The molecule has 3 rings (SSSR count). The summed E-state index contributed by atoms with van der Waals surface area (Å²) in [6, 6.07) is 10.2. The van der Waals surface area contributed by atoms with Crippen LogP contribution in [0, 0.1) is 0 Å². The molecule has 1 aromatic carbocycles. The number of nitrogen functional groups attached to an aromatic ring is 1. The topological polar surface area (TPSA) is 69.6 Å². The van der Waals surface area contributed by atoms with E-state index in [-0.39, 0.29) is 0 Å². The molecular formula is C13H13N5S. The van der Waals surface area contributed by atoms with E-state index in [4.69, 9.17) is 5.73 Å². The van der Waals surface area contributed by atoms with E-state index in [0.717, 1.165) is 12.2 Å². The molecule has 2 heterocycles. The monoisotopic (exact) mass is 271 g/mol. The van der Waals surface area contributed by atoms with Crippen LogP contribution in [0.5, 0.6) is 0 Å². The number of imidazole rings is 1. The van der Waals surface area contributed by atoms with Gasteiger partial charge < -0.3 is 10.3 Å². The fraction of sp³-hybridized carbons (Fsp3) is 0.154. The Kier molecular flexibility index (Phi) is 3.08. The van der Waals surface area contributed by atoms with Gasteiger partial charge in [-0.15, -0.1) is 0 Å². The average molecular weight is 271 g/mol. The normalized spacial score (nSPS) is 11.0. The predicted octanol–water partition coefficient (Wildman–Crippen LogP) is 2.18. The Morgan fingerprint density at radius 1 is 1.21 bits per heavy atom. The van der Waals surface area contributed by atoms with Crippen molar-refractivity contribution in [2.24, 2.45) is 0 Å². The first kappa shape index (κ1) is 12.0. The Hall–Kier alpha value is -2.08. The molecule has 6 heteroatoms. The minimum Gasteiger partial charge on any atom is -0.382 e. The Balaban J connectivity index is 2.07. The number of hydrogen-bond donors (Lipinski definition) is 1. The summed E-state index contributed by atoms with van der Waals surface area (Å²) in [5.74, 6) is 0.432. The van der Waals surface area contributed by atoms with Crippen molar-refractivity contribution in [2.75, 3.05) is 12.0 Å². The molecule has 2 N–H and O–H groups in total. The van der Waals surface area contributed by atoms with E-state index < -0.39 is 0 Å². The Labute approximate surface area is 114 Å². The fourth-order valence-electron chi connectivity index (χ4n) is 1.93. The summed E-state index contributed by atoms with van der Waals surface area (Å²) in [4.78, 5) is 13.0. The highest BCUT2D eigenvalue weighted by Gasteiger charge is 2.10. The van der Waals surface area contributed by atoms with E-state index >= 15 is 0 Å². The smallest absolute Gasteiger partial charge is 0.191 e. The SMILES string of the molecule is CSc1nc(N)c2ncn(Cc3ccccc3)c2n1. The number of rotatable bonds is 3. The second-order valence-corrected chi connectivity index (χ2v) is 4.90. The molecule has 0 radical (unpaired) electrons. The second kappa shape index (κ2) is 4.89. The minimum atomic E-state index is 0.432. The van der Waals surface area contributed by atoms with Gasteiger partial charge in [-0.3, -0.25) is 0 Å². The van der Waals surface area contributed by atoms with Crippen LogP contribution in [-0.4, -0.2) is 25.8 Å². The molecule has 0 aliphatic carbocycles. The van der Waals surface area contributed by atoms with Crippen LogP contribution in [0.1, 0.15) is 5.56 Å². The van der Waals surface area contributed by atoms with E-state index in [2.05, 4.69) is 27.1 Å². The summed E-state index contributed by atoms with van der Waals surface area (Å²) >= 11 is 1.47. The maximum atomic E-state index is 5.90. The van der Waals surface area contributed by atoms with Crippen molar-refractivity contribution in [3.63, 3.8) is 0 Å². The summed E-state index contributed by atoms with van der Waals surface area (Å²) in [7, 11) is 0. The van der Waals surface area contributed by atoms with Gasteiger partial charge >= 0.3 is 0 Å². The number of benzene rings is 1. The quantitative estimate of drug-likeness (QED) is 0.584. The van der Waals surface area contributed by atoms with Crippen LogP contribution < -0.4 is 5.73 Å². The molecule has 0 bridgehead atoms. The van der Waals surface area contributed by atoms with Gasteiger partial charge in [-0.25, -0.2) is 15.0 Å². The van der Waals surface area contributed by atoms with Crippen molar-refractivity contribution >= 4 is 28.7 Å². The molecule has 19 heavy (non-hydrogen) atoms. The standard InChI is InChI=1S/C13H13N5S/c1-19-13-16-11(14)10-12(17-13)18(8-15-10)7-9-5-3-2-4-6-9/h2-6,8H,7H2,1H3,(H2,14,16,17). The van der Waals surface area contributed by atoms with Gasteiger partial charge in [-0.2, -0.15) is 0 Å². The van der Waals surface area contributed by atoms with Crippen LogP contribution in [0.2, 0.25) is 0 Å². The Morgan fingerprint density at radius 2 is 2.00 bits per heavy atom. The zero-order valence-electron chi connectivity index (χ0n) is 10.4. The summed E-state index contributed by atoms with van der Waals surface area (Å²) < 4.78 is 1.99. The van der Waals surface area contributed by atoms with Crippen molar-refractivity contribution in [3.05, 3.63) is 42.2 Å². The van der Waals surface area contributed by atoms with Crippen molar-refractivity contribution < 1.29 is 0 Å². The molecule has 0 atom stereocenters. The van der Waals surface area contributed by atoms with Crippen LogP contribution in [-0.2, 0) is 6.54 Å². The molecule has 5 nitrogen and oxygen atoms in total. The fourth-order valence-corrected chi connectivity index (χ4v) is 2.30. The van der Waals surface area contributed by atoms with Gasteiger partial charge in [0, 0.05) is 0 Å². The number of aromatic nitrogens is 4. The van der Waals surface area contributed by atoms with Gasteiger partial charge in [0.05, 0.1) is 12.9 Å². The number of anilines is 1. The van der Waals surface area contributed by atoms with Crippen LogP contribution in [0.3, 0.4) is 0 Å². The number of nitrogens with zero attached hydrogens (tertiary/aromatic N) is 4. The minimum absolute atomic E-state index is 0.432. The lowest BCUT2D eigenvalue weighted by molar-refractivity contribution is 0.805. The van der Waals surface area contributed by atoms with Crippen molar-refractivity contribution in [2.45, 2.75) is 11.7 Å². The van der Waals surface area contributed by atoms with Gasteiger partial charge in [0.15, 0.2) is 16.6 Å². The third-order valence-corrected chi connectivity index (χ3v) is 3.40. The van der Waals surface area contributed by atoms with E-state index in [0.29, 0.717) is 16.5 Å². The van der Waals surface area contributed by atoms with E-state index in [1.807, 2.05) is 29.0 Å². The van der Waals surface area contributed by atoms with Crippen molar-refractivity contribution in [3.8, 4) is 0 Å².